The molecule has 0 amide bonds. The van der Waals surface area contributed by atoms with Crippen LogP contribution in [0.3, 0.4) is 0 Å². The fraction of sp³-hybridized carbons (Fsp3) is 0.231. The summed E-state index contributed by atoms with van der Waals surface area (Å²) in [6.07, 6.45) is 5.96. The molecule has 0 radical (unpaired) electrons. The van der Waals surface area contributed by atoms with Gasteiger partial charge in [0.1, 0.15) is 12.4 Å². The number of ether oxygens (including phenoxy) is 1. The molecule has 172 valence electrons. The molecule has 8 heteroatoms. The van der Waals surface area contributed by atoms with Crippen molar-refractivity contribution in [1.82, 2.24) is 14.1 Å². The summed E-state index contributed by atoms with van der Waals surface area (Å²) in [6, 6.07) is 12.5. The SMILES string of the molecule is Cn1c(COC(=O)c2c3c(nc4ccccc24)/C(=C\c2ccco2)CCC3)cc(=O)n(C)c1=O. The molecule has 0 saturated carbocycles. The molecular weight excluding hydrogens is 434 g/mol. The van der Waals surface area contributed by atoms with Gasteiger partial charge in [-0.1, -0.05) is 18.2 Å². The maximum Gasteiger partial charge on any atom is 0.339 e. The van der Waals surface area contributed by atoms with E-state index in [4.69, 9.17) is 14.1 Å². The standard InChI is InChI=1S/C26H23N3O5/c1-28-17(14-22(30)29(2)26(28)32)15-34-25(31)23-19-9-3-4-11-21(19)27-24-16(7-5-10-20(23)24)13-18-8-6-12-33-18/h3-4,6,8-9,11-14H,5,7,10,15H2,1-2H3/b16-13-. The highest BCUT2D eigenvalue weighted by Crippen LogP contribution is 2.36. The third-order valence-corrected chi connectivity index (χ3v) is 6.21. The van der Waals surface area contributed by atoms with E-state index in [-0.39, 0.29) is 6.61 Å². The summed E-state index contributed by atoms with van der Waals surface area (Å²) in [4.78, 5) is 42.6. The number of carbonyl (C=O) groups is 1. The van der Waals surface area contributed by atoms with E-state index in [1.807, 2.05) is 42.5 Å². The van der Waals surface area contributed by atoms with Crippen molar-refractivity contribution in [3.05, 3.63) is 97.8 Å². The molecule has 8 nitrogen and oxygen atoms in total. The largest absolute Gasteiger partial charge is 0.465 e. The Hall–Kier alpha value is -4.20. The third-order valence-electron chi connectivity index (χ3n) is 6.21. The van der Waals surface area contributed by atoms with Crippen molar-refractivity contribution in [3.8, 4) is 0 Å². The number of rotatable bonds is 4. The molecule has 3 aromatic heterocycles. The van der Waals surface area contributed by atoms with Crippen molar-refractivity contribution in [2.24, 2.45) is 14.1 Å². The Labute approximate surface area is 194 Å². The molecule has 4 aromatic rings. The van der Waals surface area contributed by atoms with Crippen LogP contribution >= 0.6 is 0 Å². The van der Waals surface area contributed by atoms with Crippen LogP contribution in [0.4, 0.5) is 0 Å². The molecule has 3 heterocycles. The second-order valence-corrected chi connectivity index (χ2v) is 8.32. The number of fused-ring (bicyclic) bond motifs is 2. The number of pyridine rings is 1. The summed E-state index contributed by atoms with van der Waals surface area (Å²) >= 11 is 0. The molecule has 0 unspecified atom stereocenters. The van der Waals surface area contributed by atoms with Crippen LogP contribution in [0, 0.1) is 0 Å². The van der Waals surface area contributed by atoms with Gasteiger partial charge in [-0.15, -0.1) is 0 Å². The summed E-state index contributed by atoms with van der Waals surface area (Å²) < 4.78 is 13.4. The third kappa shape index (κ3) is 3.77. The van der Waals surface area contributed by atoms with Crippen molar-refractivity contribution in [2.75, 3.05) is 0 Å². The number of furan rings is 1. The van der Waals surface area contributed by atoms with E-state index in [2.05, 4.69) is 0 Å². The molecule has 0 N–H and O–H groups in total. The molecule has 1 aliphatic rings. The number of aromatic nitrogens is 3. The molecule has 0 spiro atoms. The van der Waals surface area contributed by atoms with E-state index in [1.54, 1.807) is 13.3 Å². The second-order valence-electron chi connectivity index (χ2n) is 8.32. The summed E-state index contributed by atoms with van der Waals surface area (Å²) in [5.74, 6) is 0.218. The van der Waals surface area contributed by atoms with Crippen LogP contribution in [0.15, 0.2) is 62.7 Å². The van der Waals surface area contributed by atoms with Gasteiger partial charge in [-0.2, -0.15) is 0 Å². The van der Waals surface area contributed by atoms with Gasteiger partial charge in [-0.05, 0) is 54.7 Å². The van der Waals surface area contributed by atoms with Gasteiger partial charge in [0.2, 0.25) is 0 Å². The van der Waals surface area contributed by atoms with Crippen molar-refractivity contribution >= 4 is 28.5 Å². The highest BCUT2D eigenvalue weighted by atomic mass is 16.5. The van der Waals surface area contributed by atoms with Crippen LogP contribution in [-0.2, 0) is 31.9 Å². The van der Waals surface area contributed by atoms with Gasteiger partial charge < -0.3 is 9.15 Å². The van der Waals surface area contributed by atoms with Gasteiger partial charge in [-0.3, -0.25) is 13.9 Å². The average Bonchev–Trinajstić information content (AvgIpc) is 3.36. The first-order valence-electron chi connectivity index (χ1n) is 11.0. The monoisotopic (exact) mass is 457 g/mol. The van der Waals surface area contributed by atoms with Gasteiger partial charge in [0, 0.05) is 25.5 Å². The highest BCUT2D eigenvalue weighted by molar-refractivity contribution is 6.06. The molecule has 0 fully saturated rings. The molecule has 5 rings (SSSR count). The fourth-order valence-corrected chi connectivity index (χ4v) is 4.38. The molecule has 0 bridgehead atoms. The zero-order valence-electron chi connectivity index (χ0n) is 18.9. The summed E-state index contributed by atoms with van der Waals surface area (Å²) in [7, 11) is 2.95. The number of allylic oxidation sites excluding steroid dienone is 1. The Morgan fingerprint density at radius 1 is 1.12 bits per heavy atom. The minimum absolute atomic E-state index is 0.193. The van der Waals surface area contributed by atoms with Gasteiger partial charge >= 0.3 is 11.7 Å². The number of para-hydroxylation sites is 1. The summed E-state index contributed by atoms with van der Waals surface area (Å²) in [5.41, 5.74) is 3.18. The lowest BCUT2D eigenvalue weighted by Crippen LogP contribution is -2.38. The van der Waals surface area contributed by atoms with Crippen LogP contribution < -0.4 is 11.2 Å². The lowest BCUT2D eigenvalue weighted by atomic mass is 9.86. The maximum atomic E-state index is 13.4. The molecule has 0 atom stereocenters. The Bertz CT molecular complexity index is 1560. The van der Waals surface area contributed by atoms with Crippen molar-refractivity contribution in [2.45, 2.75) is 25.9 Å². The average molecular weight is 457 g/mol. The van der Waals surface area contributed by atoms with Crippen molar-refractivity contribution < 1.29 is 13.9 Å². The first kappa shape index (κ1) is 21.6. The minimum Gasteiger partial charge on any atom is -0.465 e. The summed E-state index contributed by atoms with van der Waals surface area (Å²) in [6.45, 7) is -0.193. The Balaban J connectivity index is 1.58. The van der Waals surface area contributed by atoms with Crippen molar-refractivity contribution in [3.63, 3.8) is 0 Å². The smallest absolute Gasteiger partial charge is 0.339 e. The number of nitrogens with zero attached hydrogens (tertiary/aromatic N) is 3. The Morgan fingerprint density at radius 3 is 2.74 bits per heavy atom. The van der Waals surface area contributed by atoms with Crippen LogP contribution in [0.2, 0.25) is 0 Å². The van der Waals surface area contributed by atoms with Gasteiger partial charge in [0.15, 0.2) is 0 Å². The summed E-state index contributed by atoms with van der Waals surface area (Å²) in [5, 5.41) is 0.711. The van der Waals surface area contributed by atoms with Crippen LogP contribution in [-0.4, -0.2) is 20.1 Å². The number of carbonyl (C=O) groups excluding carboxylic acids is 1. The van der Waals surface area contributed by atoms with Gasteiger partial charge in [0.25, 0.3) is 5.56 Å². The van der Waals surface area contributed by atoms with Crippen LogP contribution in [0.5, 0.6) is 0 Å². The molecule has 1 aromatic carbocycles. The predicted octanol–water partition coefficient (Wildman–Crippen LogP) is 3.46. The Morgan fingerprint density at radius 2 is 1.94 bits per heavy atom. The number of hydrogen-bond donors (Lipinski definition) is 0. The quantitative estimate of drug-likeness (QED) is 0.436. The Kier molecular flexibility index (Phi) is 5.49. The normalized spacial score (nSPS) is 14.4. The predicted molar refractivity (Wildman–Crippen MR) is 127 cm³/mol. The van der Waals surface area contributed by atoms with Gasteiger partial charge in [-0.25, -0.2) is 14.6 Å². The van der Waals surface area contributed by atoms with E-state index in [1.165, 1.54) is 17.7 Å². The first-order chi connectivity index (χ1) is 16.4. The van der Waals surface area contributed by atoms with E-state index in [0.717, 1.165) is 40.0 Å². The van der Waals surface area contributed by atoms with Crippen molar-refractivity contribution in [1.29, 1.82) is 0 Å². The molecule has 1 aliphatic carbocycles. The van der Waals surface area contributed by atoms with Crippen LogP contribution in [0.25, 0.3) is 22.6 Å². The van der Waals surface area contributed by atoms with Gasteiger partial charge in [0.05, 0.1) is 28.7 Å². The minimum atomic E-state index is -0.512. The van der Waals surface area contributed by atoms with E-state index in [0.29, 0.717) is 28.6 Å². The lowest BCUT2D eigenvalue weighted by molar-refractivity contribution is 0.0463. The van der Waals surface area contributed by atoms with E-state index < -0.39 is 17.2 Å². The van der Waals surface area contributed by atoms with E-state index >= 15 is 0 Å². The molecule has 34 heavy (non-hydrogen) atoms. The first-order valence-corrected chi connectivity index (χ1v) is 11.0. The topological polar surface area (TPSA) is 96.3 Å². The van der Waals surface area contributed by atoms with Crippen LogP contribution in [0.1, 0.15) is 45.9 Å². The maximum absolute atomic E-state index is 13.4. The highest BCUT2D eigenvalue weighted by Gasteiger charge is 2.26. The molecular formula is C26H23N3O5. The second kappa shape index (κ2) is 8.62. The number of hydrogen-bond acceptors (Lipinski definition) is 6. The lowest BCUT2D eigenvalue weighted by Gasteiger charge is -2.22. The molecule has 0 aliphatic heterocycles. The fourth-order valence-electron chi connectivity index (χ4n) is 4.38. The zero-order chi connectivity index (χ0) is 23.8. The zero-order valence-corrected chi connectivity index (χ0v) is 18.9. The molecule has 0 saturated heterocycles. The van der Waals surface area contributed by atoms with E-state index in [9.17, 15) is 14.4 Å². The number of esters is 1. The number of benzene rings is 1.